The monoisotopic (exact) mass is 271 g/mol. The van der Waals surface area contributed by atoms with E-state index in [4.69, 9.17) is 28.3 Å². The van der Waals surface area contributed by atoms with Crippen LogP contribution in [0.15, 0.2) is 30.5 Å². The summed E-state index contributed by atoms with van der Waals surface area (Å²) in [6.07, 6.45) is 1.05. The van der Waals surface area contributed by atoms with Crippen molar-refractivity contribution >= 4 is 23.2 Å². The van der Waals surface area contributed by atoms with Gasteiger partial charge in [-0.05, 0) is 12.1 Å². The number of nitrogens with zero attached hydrogens (tertiary/aromatic N) is 1. The molecule has 0 radical (unpaired) electrons. The number of benzene rings is 1. The third-order valence-electron chi connectivity index (χ3n) is 2.33. The van der Waals surface area contributed by atoms with Gasteiger partial charge in [0.15, 0.2) is 0 Å². The number of hydrogen-bond acceptors (Lipinski definition) is 2. The van der Waals surface area contributed by atoms with Crippen molar-refractivity contribution < 1.29 is 9.50 Å². The molecule has 1 aromatic carbocycles. The van der Waals surface area contributed by atoms with Gasteiger partial charge in [0.25, 0.3) is 0 Å². The van der Waals surface area contributed by atoms with E-state index in [0.29, 0.717) is 21.3 Å². The number of aliphatic hydroxyl groups excluding tert-OH is 1. The second-order valence-electron chi connectivity index (χ2n) is 3.42. The number of aromatic nitrogens is 1. The van der Waals surface area contributed by atoms with Crippen LogP contribution in [-0.4, -0.2) is 10.1 Å². The molecule has 0 aliphatic heterocycles. The molecule has 0 amide bonds. The van der Waals surface area contributed by atoms with E-state index in [-0.39, 0.29) is 12.2 Å². The average molecular weight is 272 g/mol. The highest BCUT2D eigenvalue weighted by Crippen LogP contribution is 2.32. The normalized spacial score (nSPS) is 10.6. The second kappa shape index (κ2) is 5.00. The van der Waals surface area contributed by atoms with Crippen LogP contribution in [0.5, 0.6) is 0 Å². The van der Waals surface area contributed by atoms with Crippen LogP contribution in [0.25, 0.3) is 11.3 Å². The third kappa shape index (κ3) is 2.41. The summed E-state index contributed by atoms with van der Waals surface area (Å²) in [4.78, 5) is 3.93. The van der Waals surface area contributed by atoms with Gasteiger partial charge in [0.1, 0.15) is 5.82 Å². The van der Waals surface area contributed by atoms with Crippen LogP contribution in [0, 0.1) is 5.82 Å². The number of hydrogen-bond donors (Lipinski definition) is 1. The van der Waals surface area contributed by atoms with E-state index in [9.17, 15) is 4.39 Å². The Morgan fingerprint density at radius 1 is 1.29 bits per heavy atom. The van der Waals surface area contributed by atoms with E-state index in [0.717, 1.165) is 6.20 Å². The molecule has 2 aromatic rings. The Morgan fingerprint density at radius 3 is 2.76 bits per heavy atom. The lowest BCUT2D eigenvalue weighted by molar-refractivity contribution is 0.275. The standard InChI is InChI=1S/C12H8Cl2FNO/c13-9-3-1-2-8(12(9)14)11-4-7(6-17)10(15)5-16-11/h1-5,17H,6H2. The number of halogens is 3. The number of pyridine rings is 1. The van der Waals surface area contributed by atoms with Crippen molar-refractivity contribution in [2.45, 2.75) is 6.61 Å². The highest BCUT2D eigenvalue weighted by Gasteiger charge is 2.10. The van der Waals surface area contributed by atoms with Gasteiger partial charge >= 0.3 is 0 Å². The first-order valence-electron chi connectivity index (χ1n) is 4.83. The summed E-state index contributed by atoms with van der Waals surface area (Å²) < 4.78 is 13.2. The molecule has 5 heteroatoms. The van der Waals surface area contributed by atoms with Gasteiger partial charge in [-0.15, -0.1) is 0 Å². The topological polar surface area (TPSA) is 33.1 Å². The Labute approximate surface area is 108 Å². The van der Waals surface area contributed by atoms with Crippen LogP contribution in [0.2, 0.25) is 10.0 Å². The zero-order valence-corrected chi connectivity index (χ0v) is 10.1. The van der Waals surface area contributed by atoms with Gasteiger partial charge in [0, 0.05) is 11.1 Å². The first-order chi connectivity index (χ1) is 8.13. The lowest BCUT2D eigenvalue weighted by Gasteiger charge is -2.07. The maximum atomic E-state index is 13.2. The summed E-state index contributed by atoms with van der Waals surface area (Å²) in [6.45, 7) is -0.389. The molecule has 0 saturated carbocycles. The van der Waals surface area contributed by atoms with Crippen molar-refractivity contribution in [2.24, 2.45) is 0 Å². The van der Waals surface area contributed by atoms with Crippen molar-refractivity contribution in [2.75, 3.05) is 0 Å². The van der Waals surface area contributed by atoms with Crippen molar-refractivity contribution in [1.82, 2.24) is 4.98 Å². The third-order valence-corrected chi connectivity index (χ3v) is 3.15. The maximum absolute atomic E-state index is 13.2. The molecule has 0 aliphatic carbocycles. The smallest absolute Gasteiger partial charge is 0.147 e. The number of aliphatic hydroxyl groups is 1. The molecular weight excluding hydrogens is 264 g/mol. The van der Waals surface area contributed by atoms with Crippen LogP contribution >= 0.6 is 23.2 Å². The Bertz CT molecular complexity index is 560. The Kier molecular flexibility index (Phi) is 3.62. The summed E-state index contributed by atoms with van der Waals surface area (Å²) in [7, 11) is 0. The molecule has 0 bridgehead atoms. The molecule has 17 heavy (non-hydrogen) atoms. The van der Waals surface area contributed by atoms with Crippen molar-refractivity contribution in [3.8, 4) is 11.3 Å². The molecule has 88 valence electrons. The Morgan fingerprint density at radius 2 is 2.06 bits per heavy atom. The van der Waals surface area contributed by atoms with Gasteiger partial charge in [-0.25, -0.2) is 4.39 Å². The first kappa shape index (κ1) is 12.3. The summed E-state index contributed by atoms with van der Waals surface area (Å²) in [6, 6.07) is 6.57. The molecule has 0 spiro atoms. The van der Waals surface area contributed by atoms with Crippen LogP contribution in [0.4, 0.5) is 4.39 Å². The second-order valence-corrected chi connectivity index (χ2v) is 4.21. The number of rotatable bonds is 2. The van der Waals surface area contributed by atoms with Crippen LogP contribution in [0.3, 0.4) is 0 Å². The zero-order chi connectivity index (χ0) is 12.4. The molecule has 1 aromatic heterocycles. The molecule has 0 fully saturated rings. The lowest BCUT2D eigenvalue weighted by Crippen LogP contribution is -1.94. The van der Waals surface area contributed by atoms with Gasteiger partial charge in [0.05, 0.1) is 28.5 Å². The van der Waals surface area contributed by atoms with Crippen LogP contribution < -0.4 is 0 Å². The fourth-order valence-corrected chi connectivity index (χ4v) is 1.85. The van der Waals surface area contributed by atoms with Gasteiger partial charge in [0.2, 0.25) is 0 Å². The quantitative estimate of drug-likeness (QED) is 0.904. The molecular formula is C12H8Cl2FNO. The van der Waals surface area contributed by atoms with E-state index in [1.807, 2.05) is 0 Å². The van der Waals surface area contributed by atoms with Crippen molar-refractivity contribution in [1.29, 1.82) is 0 Å². The van der Waals surface area contributed by atoms with Gasteiger partial charge in [-0.2, -0.15) is 0 Å². The van der Waals surface area contributed by atoms with Gasteiger partial charge in [-0.3, -0.25) is 4.98 Å². The minimum atomic E-state index is -0.547. The summed E-state index contributed by atoms with van der Waals surface area (Å²) >= 11 is 11.9. The summed E-state index contributed by atoms with van der Waals surface area (Å²) in [5.74, 6) is -0.547. The molecule has 2 rings (SSSR count). The highest BCUT2D eigenvalue weighted by molar-refractivity contribution is 6.43. The molecule has 1 N–H and O–H groups in total. The minimum Gasteiger partial charge on any atom is -0.392 e. The SMILES string of the molecule is OCc1cc(-c2cccc(Cl)c2Cl)ncc1F. The predicted octanol–water partition coefficient (Wildman–Crippen LogP) is 3.69. The minimum absolute atomic E-state index is 0.172. The predicted molar refractivity (Wildman–Crippen MR) is 65.6 cm³/mol. The highest BCUT2D eigenvalue weighted by atomic mass is 35.5. The molecule has 1 heterocycles. The fraction of sp³-hybridized carbons (Fsp3) is 0.0833. The first-order valence-corrected chi connectivity index (χ1v) is 5.58. The molecule has 0 aliphatic rings. The molecule has 0 saturated heterocycles. The maximum Gasteiger partial charge on any atom is 0.147 e. The van der Waals surface area contributed by atoms with Crippen LogP contribution in [-0.2, 0) is 6.61 Å². The Hall–Kier alpha value is -1.16. The molecule has 0 atom stereocenters. The fourth-order valence-electron chi connectivity index (χ4n) is 1.45. The lowest BCUT2D eigenvalue weighted by atomic mass is 10.1. The summed E-state index contributed by atoms with van der Waals surface area (Å²) in [5.41, 5.74) is 1.25. The van der Waals surface area contributed by atoms with Gasteiger partial charge in [-0.1, -0.05) is 35.3 Å². The van der Waals surface area contributed by atoms with E-state index >= 15 is 0 Å². The van der Waals surface area contributed by atoms with Crippen molar-refractivity contribution in [3.63, 3.8) is 0 Å². The van der Waals surface area contributed by atoms with E-state index < -0.39 is 5.82 Å². The summed E-state index contributed by atoms with van der Waals surface area (Å²) in [5, 5.41) is 9.75. The van der Waals surface area contributed by atoms with E-state index in [1.165, 1.54) is 6.07 Å². The van der Waals surface area contributed by atoms with E-state index in [2.05, 4.69) is 4.98 Å². The van der Waals surface area contributed by atoms with Crippen molar-refractivity contribution in [3.05, 3.63) is 51.9 Å². The zero-order valence-electron chi connectivity index (χ0n) is 8.62. The van der Waals surface area contributed by atoms with Gasteiger partial charge < -0.3 is 5.11 Å². The Balaban J connectivity index is 2.57. The largest absolute Gasteiger partial charge is 0.392 e. The van der Waals surface area contributed by atoms with E-state index in [1.54, 1.807) is 18.2 Å². The molecule has 0 unspecified atom stereocenters. The molecule has 2 nitrogen and oxygen atoms in total. The van der Waals surface area contributed by atoms with Crippen LogP contribution in [0.1, 0.15) is 5.56 Å². The average Bonchev–Trinajstić information content (AvgIpc) is 2.34.